The minimum atomic E-state index is -4.51. The van der Waals surface area contributed by atoms with E-state index in [9.17, 15) is 18.0 Å². The maximum absolute atomic E-state index is 14.2. The van der Waals surface area contributed by atoms with E-state index in [2.05, 4.69) is 34.6 Å². The highest BCUT2D eigenvalue weighted by atomic mass is 19.4. The average Bonchev–Trinajstić information content (AvgIpc) is 3.40. The molecule has 0 radical (unpaired) electrons. The van der Waals surface area contributed by atoms with Crippen LogP contribution in [0.3, 0.4) is 0 Å². The van der Waals surface area contributed by atoms with E-state index in [0.717, 1.165) is 58.3 Å². The maximum Gasteiger partial charge on any atom is 0.418 e. The lowest BCUT2D eigenvalue weighted by atomic mass is 9.51. The van der Waals surface area contributed by atoms with Gasteiger partial charge < -0.3 is 0 Å². The highest BCUT2D eigenvalue weighted by Gasteiger charge is 2.56. The minimum absolute atomic E-state index is 0.0241. The summed E-state index contributed by atoms with van der Waals surface area (Å²) in [5, 5.41) is 0. The van der Waals surface area contributed by atoms with Crippen LogP contribution in [0.5, 0.6) is 0 Å². The monoisotopic (exact) mass is 532 g/mol. The van der Waals surface area contributed by atoms with E-state index in [-0.39, 0.29) is 28.8 Å². The lowest BCUT2D eigenvalue weighted by Gasteiger charge is -2.57. The van der Waals surface area contributed by atoms with Gasteiger partial charge in [0.25, 0.3) is 0 Å². The molecule has 5 aliphatic rings. The number of hydrazine groups is 1. The molecule has 38 heavy (non-hydrogen) atoms. The molecule has 0 aromatic carbocycles. The molecule has 3 saturated carbocycles. The van der Waals surface area contributed by atoms with Crippen molar-refractivity contribution < 1.29 is 13.2 Å². The van der Waals surface area contributed by atoms with Crippen molar-refractivity contribution in [2.24, 2.45) is 22.7 Å². The molecule has 208 valence electrons. The van der Waals surface area contributed by atoms with Crippen molar-refractivity contribution in [2.45, 2.75) is 83.2 Å². The van der Waals surface area contributed by atoms with Gasteiger partial charge in [-0.15, -0.1) is 0 Å². The second kappa shape index (κ2) is 8.56. The number of imidazole rings is 1. The number of nitrogens with zero attached hydrogens (tertiary/aromatic N) is 4. The first kappa shape index (κ1) is 25.1. The first-order chi connectivity index (χ1) is 18.1. The molecule has 2 saturated heterocycles. The van der Waals surface area contributed by atoms with Crippen LogP contribution < -0.4 is 16.5 Å². The number of alkyl halides is 3. The summed E-state index contributed by atoms with van der Waals surface area (Å²) in [5.41, 5.74) is 6.83. The van der Waals surface area contributed by atoms with E-state index < -0.39 is 11.7 Å². The SMILES string of the molecule is CC1CC(C2CCCC(n3cc4c(C(F)(F)F)cc(CN5CC6(CC6)C5)cn4c3=O)C2)(C2NNCN2C)C1. The predicted octanol–water partition coefficient (Wildman–Crippen LogP) is 4.19. The van der Waals surface area contributed by atoms with Gasteiger partial charge in [0.2, 0.25) is 0 Å². The second-order valence-corrected chi connectivity index (χ2v) is 13.4. The van der Waals surface area contributed by atoms with Crippen LogP contribution in [0.1, 0.15) is 75.5 Å². The van der Waals surface area contributed by atoms with Gasteiger partial charge in [0.15, 0.2) is 0 Å². The van der Waals surface area contributed by atoms with E-state index >= 15 is 0 Å². The van der Waals surface area contributed by atoms with Gasteiger partial charge in [-0.05, 0) is 80.9 Å². The van der Waals surface area contributed by atoms with Crippen molar-refractivity contribution in [1.82, 2.24) is 29.6 Å². The molecule has 3 unspecified atom stereocenters. The van der Waals surface area contributed by atoms with Gasteiger partial charge >= 0.3 is 11.9 Å². The van der Waals surface area contributed by atoms with Crippen molar-refractivity contribution in [1.29, 1.82) is 0 Å². The maximum atomic E-state index is 14.2. The second-order valence-electron chi connectivity index (χ2n) is 13.4. The average molecular weight is 533 g/mol. The first-order valence-corrected chi connectivity index (χ1v) is 14.3. The van der Waals surface area contributed by atoms with Crippen molar-refractivity contribution in [3.05, 3.63) is 40.1 Å². The standard InChI is InChI=1S/C28H39F3N6O/c1-18-10-27(11-18,24-33-32-17-34(24)2)20-4-3-5-21(9-20)36-14-23-22(28(29,30)31)8-19(13-37(23)25(36)38)12-35-15-26(16-35)6-7-26/h8,13-14,18,20-21,24,32-33H,3-7,9-12,15-17H2,1-2H3. The summed E-state index contributed by atoms with van der Waals surface area (Å²) in [6, 6.07) is 1.18. The molecule has 0 amide bonds. The summed E-state index contributed by atoms with van der Waals surface area (Å²) in [6.45, 7) is 5.45. The van der Waals surface area contributed by atoms with Gasteiger partial charge in [0.05, 0.1) is 23.9 Å². The Labute approximate surface area is 221 Å². The Morgan fingerprint density at radius 1 is 1.13 bits per heavy atom. The van der Waals surface area contributed by atoms with Gasteiger partial charge in [0, 0.05) is 43.5 Å². The molecule has 2 aromatic rings. The van der Waals surface area contributed by atoms with Gasteiger partial charge in [-0.3, -0.25) is 18.8 Å². The zero-order valence-corrected chi connectivity index (χ0v) is 22.4. The topological polar surface area (TPSA) is 57.0 Å². The number of rotatable bonds is 5. The molecule has 2 aromatic heterocycles. The van der Waals surface area contributed by atoms with Gasteiger partial charge in [-0.2, -0.15) is 13.2 Å². The van der Waals surface area contributed by atoms with Crippen LogP contribution in [-0.2, 0) is 12.7 Å². The Kier molecular flexibility index (Phi) is 5.66. The molecular weight excluding hydrogens is 493 g/mol. The number of aromatic nitrogens is 2. The Morgan fingerprint density at radius 2 is 1.89 bits per heavy atom. The number of pyridine rings is 1. The molecule has 0 bridgehead atoms. The molecular formula is C28H39F3N6O. The summed E-state index contributed by atoms with van der Waals surface area (Å²) < 4.78 is 45.5. The van der Waals surface area contributed by atoms with Crippen LogP contribution in [-0.4, -0.2) is 51.7 Å². The van der Waals surface area contributed by atoms with Crippen LogP contribution in [0.15, 0.2) is 23.3 Å². The summed E-state index contributed by atoms with van der Waals surface area (Å²) in [4.78, 5) is 18.2. The lowest BCUT2D eigenvalue weighted by molar-refractivity contribution is -0.136. The predicted molar refractivity (Wildman–Crippen MR) is 138 cm³/mol. The van der Waals surface area contributed by atoms with Gasteiger partial charge in [0.1, 0.15) is 0 Å². The summed E-state index contributed by atoms with van der Waals surface area (Å²) in [5.74, 6) is 1.09. The van der Waals surface area contributed by atoms with Crippen molar-refractivity contribution >= 4 is 5.52 Å². The zero-order valence-electron chi connectivity index (χ0n) is 22.4. The van der Waals surface area contributed by atoms with Crippen LogP contribution >= 0.6 is 0 Å². The zero-order chi connectivity index (χ0) is 26.4. The number of fused-ring (bicyclic) bond motifs is 1. The molecule has 3 aliphatic carbocycles. The Bertz CT molecular complexity index is 1280. The number of halogens is 3. The molecule has 7 nitrogen and oxygen atoms in total. The summed E-state index contributed by atoms with van der Waals surface area (Å²) in [6.07, 6.45) is 7.35. The van der Waals surface area contributed by atoms with Crippen molar-refractivity contribution in [2.75, 3.05) is 26.8 Å². The van der Waals surface area contributed by atoms with Gasteiger partial charge in [-0.1, -0.05) is 13.3 Å². The third kappa shape index (κ3) is 3.97. The van der Waals surface area contributed by atoms with Crippen molar-refractivity contribution in [3.8, 4) is 0 Å². The molecule has 5 fully saturated rings. The molecule has 10 heteroatoms. The summed E-state index contributed by atoms with van der Waals surface area (Å²) >= 11 is 0. The van der Waals surface area contributed by atoms with Crippen molar-refractivity contribution in [3.63, 3.8) is 0 Å². The van der Waals surface area contributed by atoms with Crippen LogP contribution in [0, 0.1) is 22.7 Å². The Hall–Kier alpha value is -1.88. The first-order valence-electron chi connectivity index (χ1n) is 14.3. The largest absolute Gasteiger partial charge is 0.418 e. The molecule has 4 heterocycles. The fourth-order valence-electron chi connectivity index (χ4n) is 8.61. The van der Waals surface area contributed by atoms with Crippen LogP contribution in [0.25, 0.3) is 5.52 Å². The van der Waals surface area contributed by atoms with Crippen LogP contribution in [0.4, 0.5) is 13.2 Å². The molecule has 7 rings (SSSR count). The van der Waals surface area contributed by atoms with E-state index in [1.165, 1.54) is 29.5 Å². The number of hydrogen-bond acceptors (Lipinski definition) is 5. The fraction of sp³-hybridized carbons (Fsp3) is 0.750. The van der Waals surface area contributed by atoms with E-state index in [0.29, 0.717) is 29.4 Å². The Morgan fingerprint density at radius 3 is 2.53 bits per heavy atom. The summed E-state index contributed by atoms with van der Waals surface area (Å²) in [7, 11) is 2.13. The molecule has 3 atom stereocenters. The fourth-order valence-corrected chi connectivity index (χ4v) is 8.61. The quantitative estimate of drug-likeness (QED) is 0.605. The highest BCUT2D eigenvalue weighted by Crippen LogP contribution is 2.58. The Balaban J connectivity index is 1.20. The third-order valence-corrected chi connectivity index (χ3v) is 10.5. The molecule has 1 spiro atoms. The highest BCUT2D eigenvalue weighted by molar-refractivity contribution is 5.56. The van der Waals surface area contributed by atoms with Gasteiger partial charge in [-0.25, -0.2) is 15.6 Å². The molecule has 2 aliphatic heterocycles. The lowest BCUT2D eigenvalue weighted by Crippen LogP contribution is -2.60. The normalized spacial score (nSPS) is 35.5. The minimum Gasteiger partial charge on any atom is -0.298 e. The number of hydrogen-bond donors (Lipinski definition) is 2. The molecule has 2 N–H and O–H groups in total. The van der Waals surface area contributed by atoms with E-state index in [4.69, 9.17) is 0 Å². The smallest absolute Gasteiger partial charge is 0.298 e. The number of likely N-dealkylation sites (tertiary alicyclic amines) is 1. The number of nitrogens with one attached hydrogen (secondary N) is 2. The van der Waals surface area contributed by atoms with E-state index in [1.807, 2.05) is 0 Å². The third-order valence-electron chi connectivity index (χ3n) is 10.5. The van der Waals surface area contributed by atoms with E-state index in [1.54, 1.807) is 10.8 Å². The van der Waals surface area contributed by atoms with Crippen LogP contribution in [0.2, 0.25) is 0 Å².